The average molecular weight is 252 g/mol. The molecule has 0 saturated carbocycles. The van der Waals surface area contributed by atoms with Crippen LogP contribution in [0, 0.1) is 0 Å². The minimum Gasteiger partial charge on any atom is -0.481 e. The molecule has 0 atom stereocenters. The van der Waals surface area contributed by atoms with Crippen LogP contribution < -0.4 is 0 Å². The predicted molar refractivity (Wildman–Crippen MR) is 61.8 cm³/mol. The maximum atomic E-state index is 10.4. The first kappa shape index (κ1) is 11.7. The Morgan fingerprint density at radius 3 is 3.12 bits per heavy atom. The topological polar surface area (TPSA) is 80.9 Å². The van der Waals surface area contributed by atoms with Crippen molar-refractivity contribution in [2.24, 2.45) is 0 Å². The molecule has 0 aromatic carbocycles. The van der Waals surface area contributed by atoms with Gasteiger partial charge in [-0.05, 0) is 28.3 Å². The number of thiophene rings is 1. The highest BCUT2D eigenvalue weighted by atomic mass is 32.1. The van der Waals surface area contributed by atoms with Crippen LogP contribution >= 0.6 is 11.3 Å². The van der Waals surface area contributed by atoms with Gasteiger partial charge in [-0.3, -0.25) is 4.79 Å². The van der Waals surface area contributed by atoms with Crippen LogP contribution in [0.5, 0.6) is 0 Å². The van der Waals surface area contributed by atoms with Gasteiger partial charge < -0.3 is 5.11 Å². The zero-order chi connectivity index (χ0) is 12.1. The van der Waals surface area contributed by atoms with Crippen molar-refractivity contribution in [3.63, 3.8) is 0 Å². The van der Waals surface area contributed by atoms with E-state index in [2.05, 4.69) is 15.5 Å². The van der Waals surface area contributed by atoms with E-state index in [1.165, 1.54) is 4.88 Å². The third-order valence-corrected chi connectivity index (χ3v) is 3.16. The number of aromatic nitrogens is 4. The van der Waals surface area contributed by atoms with E-state index in [9.17, 15) is 4.79 Å². The molecule has 7 heteroatoms. The predicted octanol–water partition coefficient (Wildman–Crippen LogP) is 1.19. The zero-order valence-electron chi connectivity index (χ0n) is 9.11. The molecule has 2 aromatic rings. The molecule has 2 heterocycles. The summed E-state index contributed by atoms with van der Waals surface area (Å²) in [7, 11) is 0. The first-order chi connectivity index (χ1) is 8.25. The van der Waals surface area contributed by atoms with E-state index in [1.54, 1.807) is 16.0 Å². The van der Waals surface area contributed by atoms with Crippen molar-refractivity contribution in [1.29, 1.82) is 0 Å². The molecule has 1 N–H and O–H groups in total. The van der Waals surface area contributed by atoms with Gasteiger partial charge in [0, 0.05) is 24.3 Å². The van der Waals surface area contributed by atoms with Gasteiger partial charge in [0.25, 0.3) is 0 Å². The van der Waals surface area contributed by atoms with Gasteiger partial charge in [0.2, 0.25) is 0 Å². The van der Waals surface area contributed by atoms with Crippen molar-refractivity contribution >= 4 is 17.3 Å². The van der Waals surface area contributed by atoms with Crippen molar-refractivity contribution in [3.05, 3.63) is 28.2 Å². The van der Waals surface area contributed by atoms with Crippen molar-refractivity contribution < 1.29 is 9.90 Å². The standard InChI is InChI=1S/C10H12N4O2S/c15-10(16)4-1-5-14-9(11-12-13-14)7-8-3-2-6-17-8/h2-3,6H,1,4-5,7H2,(H,15,16). The molecule has 0 unspecified atom stereocenters. The highest BCUT2D eigenvalue weighted by Crippen LogP contribution is 2.12. The molecule has 0 radical (unpaired) electrons. The number of aryl methyl sites for hydroxylation is 1. The lowest BCUT2D eigenvalue weighted by atomic mass is 10.3. The largest absolute Gasteiger partial charge is 0.481 e. The van der Waals surface area contributed by atoms with E-state index in [4.69, 9.17) is 5.11 Å². The second kappa shape index (κ2) is 5.53. The minimum atomic E-state index is -0.794. The van der Waals surface area contributed by atoms with Crippen LogP contribution in [0.15, 0.2) is 17.5 Å². The number of aliphatic carboxylic acids is 1. The molecule has 17 heavy (non-hydrogen) atoms. The Labute approximate surface area is 102 Å². The molecule has 0 spiro atoms. The van der Waals surface area contributed by atoms with E-state index in [1.807, 2.05) is 17.5 Å². The fourth-order valence-electron chi connectivity index (χ4n) is 1.47. The third-order valence-electron chi connectivity index (χ3n) is 2.28. The number of carboxylic acid groups (broad SMARTS) is 1. The van der Waals surface area contributed by atoms with Crippen LogP contribution in [-0.4, -0.2) is 31.3 Å². The van der Waals surface area contributed by atoms with E-state index in [-0.39, 0.29) is 6.42 Å². The molecule has 0 aliphatic rings. The maximum Gasteiger partial charge on any atom is 0.303 e. The lowest BCUT2D eigenvalue weighted by molar-refractivity contribution is -0.137. The molecule has 0 aliphatic heterocycles. The van der Waals surface area contributed by atoms with Crippen molar-refractivity contribution in [3.8, 4) is 0 Å². The zero-order valence-corrected chi connectivity index (χ0v) is 9.93. The number of hydrogen-bond donors (Lipinski definition) is 1. The number of rotatable bonds is 6. The molecule has 6 nitrogen and oxygen atoms in total. The van der Waals surface area contributed by atoms with E-state index in [0.717, 1.165) is 5.82 Å². The van der Waals surface area contributed by atoms with E-state index < -0.39 is 5.97 Å². The third kappa shape index (κ3) is 3.35. The van der Waals surface area contributed by atoms with Gasteiger partial charge >= 0.3 is 5.97 Å². The summed E-state index contributed by atoms with van der Waals surface area (Å²) in [5.74, 6) is -0.0179. The lowest BCUT2D eigenvalue weighted by Gasteiger charge is -2.02. The van der Waals surface area contributed by atoms with Crippen LogP contribution in [0.1, 0.15) is 23.5 Å². The minimum absolute atomic E-state index is 0.137. The Hall–Kier alpha value is -1.76. The Balaban J connectivity index is 1.94. The van der Waals surface area contributed by atoms with Gasteiger partial charge in [-0.2, -0.15) is 0 Å². The second-order valence-electron chi connectivity index (χ2n) is 3.57. The first-order valence-electron chi connectivity index (χ1n) is 5.25. The Morgan fingerprint density at radius 1 is 1.53 bits per heavy atom. The van der Waals surface area contributed by atoms with Crippen LogP contribution in [-0.2, 0) is 17.8 Å². The van der Waals surface area contributed by atoms with Crippen molar-refractivity contribution in [1.82, 2.24) is 20.2 Å². The van der Waals surface area contributed by atoms with Crippen LogP contribution in [0.3, 0.4) is 0 Å². The molecule has 2 aromatic heterocycles. The molecule has 0 bridgehead atoms. The molecule has 0 fully saturated rings. The fourth-order valence-corrected chi connectivity index (χ4v) is 2.17. The monoisotopic (exact) mass is 252 g/mol. The summed E-state index contributed by atoms with van der Waals surface area (Å²) in [5, 5.41) is 22.0. The fraction of sp³-hybridized carbons (Fsp3) is 0.400. The molecule has 0 aliphatic carbocycles. The van der Waals surface area contributed by atoms with Gasteiger partial charge in [0.15, 0.2) is 5.82 Å². The average Bonchev–Trinajstić information content (AvgIpc) is 2.91. The Morgan fingerprint density at radius 2 is 2.41 bits per heavy atom. The summed E-state index contributed by atoms with van der Waals surface area (Å²) in [4.78, 5) is 11.6. The van der Waals surface area contributed by atoms with Crippen LogP contribution in [0.25, 0.3) is 0 Å². The number of carbonyl (C=O) groups is 1. The summed E-state index contributed by atoms with van der Waals surface area (Å²) in [6.45, 7) is 0.542. The second-order valence-corrected chi connectivity index (χ2v) is 4.60. The number of nitrogens with zero attached hydrogens (tertiary/aromatic N) is 4. The quantitative estimate of drug-likeness (QED) is 0.835. The molecule has 90 valence electrons. The summed E-state index contributed by atoms with van der Waals surface area (Å²) >= 11 is 1.66. The maximum absolute atomic E-state index is 10.4. The van der Waals surface area contributed by atoms with Crippen LogP contribution in [0.4, 0.5) is 0 Å². The van der Waals surface area contributed by atoms with Gasteiger partial charge in [0.1, 0.15) is 0 Å². The van der Waals surface area contributed by atoms with Gasteiger partial charge in [-0.15, -0.1) is 16.4 Å². The smallest absolute Gasteiger partial charge is 0.303 e. The first-order valence-corrected chi connectivity index (χ1v) is 6.13. The summed E-state index contributed by atoms with van der Waals surface area (Å²) in [6, 6.07) is 4.01. The molecule has 0 amide bonds. The summed E-state index contributed by atoms with van der Waals surface area (Å²) in [5.41, 5.74) is 0. The van der Waals surface area contributed by atoms with Gasteiger partial charge in [-0.1, -0.05) is 6.07 Å². The normalized spacial score (nSPS) is 10.6. The van der Waals surface area contributed by atoms with E-state index in [0.29, 0.717) is 19.4 Å². The number of hydrogen-bond acceptors (Lipinski definition) is 5. The summed E-state index contributed by atoms with van der Waals surface area (Å²) in [6.07, 6.45) is 1.37. The van der Waals surface area contributed by atoms with Gasteiger partial charge in [0.05, 0.1) is 0 Å². The van der Waals surface area contributed by atoms with Crippen molar-refractivity contribution in [2.75, 3.05) is 0 Å². The highest BCUT2D eigenvalue weighted by Gasteiger charge is 2.08. The number of carboxylic acids is 1. The molecular formula is C10H12N4O2S. The Bertz CT molecular complexity index is 480. The molecule has 2 rings (SSSR count). The summed E-state index contributed by atoms with van der Waals surface area (Å²) < 4.78 is 1.67. The van der Waals surface area contributed by atoms with Crippen LogP contribution in [0.2, 0.25) is 0 Å². The molecular weight excluding hydrogens is 240 g/mol. The number of tetrazole rings is 1. The van der Waals surface area contributed by atoms with E-state index >= 15 is 0 Å². The Kier molecular flexibility index (Phi) is 3.81. The molecule has 0 saturated heterocycles. The highest BCUT2D eigenvalue weighted by molar-refractivity contribution is 7.09. The van der Waals surface area contributed by atoms with Crippen molar-refractivity contribution in [2.45, 2.75) is 25.8 Å². The lowest BCUT2D eigenvalue weighted by Crippen LogP contribution is -2.08. The van der Waals surface area contributed by atoms with Gasteiger partial charge in [-0.25, -0.2) is 4.68 Å². The SMILES string of the molecule is O=C(O)CCCn1nnnc1Cc1cccs1.